The number of hydrogen-bond donors (Lipinski definition) is 1. The van der Waals surface area contributed by atoms with E-state index in [1.807, 2.05) is 25.2 Å². The van der Waals surface area contributed by atoms with Gasteiger partial charge in [-0.05, 0) is 24.9 Å². The fourth-order valence-corrected chi connectivity index (χ4v) is 4.38. The number of methoxy groups -OCH3 is 1. The Labute approximate surface area is 125 Å². The smallest absolute Gasteiger partial charge is 0.0565 e. The minimum absolute atomic E-state index is 0.110. The zero-order valence-electron chi connectivity index (χ0n) is 13.0. The topological polar surface area (TPSA) is 38.3 Å². The van der Waals surface area contributed by atoms with Gasteiger partial charge in [0.1, 0.15) is 0 Å². The summed E-state index contributed by atoms with van der Waals surface area (Å²) < 4.78 is 17.7. The predicted octanol–water partition coefficient (Wildman–Crippen LogP) is 2.76. The lowest BCUT2D eigenvalue weighted by Gasteiger charge is -2.30. The summed E-state index contributed by atoms with van der Waals surface area (Å²) in [6.07, 6.45) is 0.845. The van der Waals surface area contributed by atoms with Crippen LogP contribution in [0.5, 0.6) is 0 Å². The van der Waals surface area contributed by atoms with Crippen molar-refractivity contribution < 1.29 is 8.95 Å². The fraction of sp³-hybridized carbons (Fsp3) is 0.625. The van der Waals surface area contributed by atoms with Gasteiger partial charge in [-0.3, -0.25) is 4.21 Å². The molecule has 114 valence electrons. The summed E-state index contributed by atoms with van der Waals surface area (Å²) in [5, 5.41) is 3.46. The number of ether oxygens (including phenoxy) is 1. The average molecular weight is 297 g/mol. The summed E-state index contributed by atoms with van der Waals surface area (Å²) in [5.41, 5.74) is 1.20. The second kappa shape index (κ2) is 9.27. The maximum absolute atomic E-state index is 12.6. The Morgan fingerprint density at radius 2 is 1.90 bits per heavy atom. The molecule has 0 aliphatic carbocycles. The molecule has 20 heavy (non-hydrogen) atoms. The average Bonchev–Trinajstić information content (AvgIpc) is 2.45. The van der Waals surface area contributed by atoms with Gasteiger partial charge in [0, 0.05) is 36.3 Å². The van der Waals surface area contributed by atoms with Crippen molar-refractivity contribution >= 4 is 10.8 Å². The maximum atomic E-state index is 12.6. The van der Waals surface area contributed by atoms with Crippen LogP contribution in [0.25, 0.3) is 0 Å². The molecule has 3 nitrogen and oxygen atoms in total. The van der Waals surface area contributed by atoms with Crippen LogP contribution in [0.2, 0.25) is 0 Å². The monoisotopic (exact) mass is 297 g/mol. The van der Waals surface area contributed by atoms with Gasteiger partial charge in [0.25, 0.3) is 0 Å². The molecule has 1 rings (SSSR count). The third-order valence-corrected chi connectivity index (χ3v) is 5.57. The Morgan fingerprint density at radius 3 is 2.40 bits per heavy atom. The standard InChI is InChI=1S/C16H27NO2S/c1-13(2)16(20(18)12-8-11-19-4)15(17-3)14-9-6-5-7-10-14/h5-7,9-10,13,15-17H,8,11-12H2,1-4H3. The van der Waals surface area contributed by atoms with Crippen molar-refractivity contribution in [2.24, 2.45) is 5.92 Å². The Hall–Kier alpha value is -0.710. The van der Waals surface area contributed by atoms with Crippen LogP contribution in [0.1, 0.15) is 31.9 Å². The second-order valence-corrected chi connectivity index (χ2v) is 7.03. The fourth-order valence-electron chi connectivity index (χ4n) is 2.50. The minimum atomic E-state index is -0.862. The van der Waals surface area contributed by atoms with Crippen molar-refractivity contribution in [3.63, 3.8) is 0 Å². The van der Waals surface area contributed by atoms with Gasteiger partial charge in [0.05, 0.1) is 5.25 Å². The quantitative estimate of drug-likeness (QED) is 0.712. The van der Waals surface area contributed by atoms with E-state index in [0.29, 0.717) is 18.3 Å². The van der Waals surface area contributed by atoms with E-state index >= 15 is 0 Å². The Morgan fingerprint density at radius 1 is 1.25 bits per heavy atom. The maximum Gasteiger partial charge on any atom is 0.0565 e. The van der Waals surface area contributed by atoms with Gasteiger partial charge in [-0.25, -0.2) is 0 Å². The van der Waals surface area contributed by atoms with Crippen molar-refractivity contribution in [1.29, 1.82) is 0 Å². The van der Waals surface area contributed by atoms with E-state index in [4.69, 9.17) is 4.74 Å². The van der Waals surface area contributed by atoms with Crippen LogP contribution >= 0.6 is 0 Å². The van der Waals surface area contributed by atoms with Gasteiger partial charge in [-0.1, -0.05) is 44.2 Å². The molecule has 0 spiro atoms. The van der Waals surface area contributed by atoms with Gasteiger partial charge in [-0.15, -0.1) is 0 Å². The Kier molecular flexibility index (Phi) is 8.04. The molecule has 3 unspecified atom stereocenters. The first-order chi connectivity index (χ1) is 9.61. The zero-order chi connectivity index (χ0) is 15.0. The summed E-state index contributed by atoms with van der Waals surface area (Å²) in [6.45, 7) is 4.96. The summed E-state index contributed by atoms with van der Waals surface area (Å²) in [6, 6.07) is 10.4. The molecule has 0 fully saturated rings. The molecule has 1 aromatic rings. The van der Waals surface area contributed by atoms with Gasteiger partial charge in [0.15, 0.2) is 0 Å². The zero-order valence-corrected chi connectivity index (χ0v) is 13.8. The van der Waals surface area contributed by atoms with Gasteiger partial charge < -0.3 is 10.1 Å². The van der Waals surface area contributed by atoms with Crippen LogP contribution < -0.4 is 5.32 Å². The van der Waals surface area contributed by atoms with Gasteiger partial charge in [-0.2, -0.15) is 0 Å². The van der Waals surface area contributed by atoms with Gasteiger partial charge >= 0.3 is 0 Å². The summed E-state index contributed by atoms with van der Waals surface area (Å²) in [7, 11) is 2.77. The molecule has 0 heterocycles. The van der Waals surface area contributed by atoms with Crippen LogP contribution in [0.3, 0.4) is 0 Å². The lowest BCUT2D eigenvalue weighted by atomic mass is 9.96. The molecule has 0 saturated carbocycles. The van der Waals surface area contributed by atoms with Crippen LogP contribution in [-0.4, -0.2) is 36.0 Å². The van der Waals surface area contributed by atoms with E-state index in [2.05, 4.69) is 31.3 Å². The van der Waals surface area contributed by atoms with Crippen LogP contribution in [0.4, 0.5) is 0 Å². The van der Waals surface area contributed by atoms with E-state index in [9.17, 15) is 4.21 Å². The van der Waals surface area contributed by atoms with Crippen LogP contribution in [-0.2, 0) is 15.5 Å². The number of hydrogen-bond acceptors (Lipinski definition) is 3. The highest BCUT2D eigenvalue weighted by Crippen LogP contribution is 2.26. The molecule has 0 radical (unpaired) electrons. The molecule has 0 amide bonds. The Bertz CT molecular complexity index is 395. The summed E-state index contributed by atoms with van der Waals surface area (Å²) in [5.74, 6) is 1.05. The first-order valence-electron chi connectivity index (χ1n) is 7.20. The highest BCUT2D eigenvalue weighted by atomic mass is 32.2. The van der Waals surface area contributed by atoms with E-state index < -0.39 is 10.8 Å². The van der Waals surface area contributed by atoms with Crippen molar-refractivity contribution in [1.82, 2.24) is 5.32 Å². The normalized spacial score (nSPS) is 16.1. The predicted molar refractivity (Wildman–Crippen MR) is 86.4 cm³/mol. The molecule has 0 aromatic heterocycles. The van der Waals surface area contributed by atoms with E-state index in [0.717, 1.165) is 6.42 Å². The minimum Gasteiger partial charge on any atom is -0.385 e. The molecule has 0 aliphatic heterocycles. The Balaban J connectivity index is 2.85. The highest BCUT2D eigenvalue weighted by molar-refractivity contribution is 7.85. The van der Waals surface area contributed by atoms with Crippen LogP contribution in [0, 0.1) is 5.92 Å². The van der Waals surface area contributed by atoms with Crippen molar-refractivity contribution in [2.75, 3.05) is 26.5 Å². The third kappa shape index (κ3) is 5.00. The number of nitrogens with one attached hydrogen (secondary N) is 1. The van der Waals surface area contributed by atoms with Crippen molar-refractivity contribution in [3.05, 3.63) is 35.9 Å². The molecular weight excluding hydrogens is 270 g/mol. The summed E-state index contributed by atoms with van der Waals surface area (Å²) in [4.78, 5) is 0. The molecule has 3 atom stereocenters. The third-order valence-electron chi connectivity index (χ3n) is 3.45. The first-order valence-corrected chi connectivity index (χ1v) is 8.58. The highest BCUT2D eigenvalue weighted by Gasteiger charge is 2.29. The van der Waals surface area contributed by atoms with Crippen LogP contribution in [0.15, 0.2) is 30.3 Å². The largest absolute Gasteiger partial charge is 0.385 e. The van der Waals surface area contributed by atoms with Gasteiger partial charge in [0.2, 0.25) is 0 Å². The van der Waals surface area contributed by atoms with E-state index in [1.54, 1.807) is 7.11 Å². The molecule has 1 N–H and O–H groups in total. The SMILES string of the molecule is CNC(c1ccccc1)C(C(C)C)S(=O)CCCOC. The molecule has 4 heteroatoms. The molecule has 1 aromatic carbocycles. The number of benzene rings is 1. The molecule has 0 bridgehead atoms. The first kappa shape index (κ1) is 17.3. The molecular formula is C16H27NO2S. The number of rotatable bonds is 9. The van der Waals surface area contributed by atoms with Crippen molar-refractivity contribution in [3.8, 4) is 0 Å². The molecule has 0 saturated heterocycles. The molecule has 0 aliphatic rings. The van der Waals surface area contributed by atoms with Crippen molar-refractivity contribution in [2.45, 2.75) is 31.6 Å². The van der Waals surface area contributed by atoms with E-state index in [1.165, 1.54) is 5.56 Å². The summed E-state index contributed by atoms with van der Waals surface area (Å²) >= 11 is 0. The van der Waals surface area contributed by atoms with E-state index in [-0.39, 0.29) is 11.3 Å². The lowest BCUT2D eigenvalue weighted by molar-refractivity contribution is 0.199. The second-order valence-electron chi connectivity index (χ2n) is 5.32. The lowest BCUT2D eigenvalue weighted by Crippen LogP contribution is -2.37.